The lowest BCUT2D eigenvalue weighted by Crippen LogP contribution is -2.44. The molecule has 1 fully saturated rings. The SMILES string of the molecule is CN(C)C(=O)C1C(OC2CC2)=CN=CC1[N+](=O)[O-]. The molecule has 7 nitrogen and oxygen atoms in total. The van der Waals surface area contributed by atoms with E-state index in [4.69, 9.17) is 4.74 Å². The molecule has 1 saturated carbocycles. The summed E-state index contributed by atoms with van der Waals surface area (Å²) in [5.74, 6) is -0.941. The van der Waals surface area contributed by atoms with Crippen LogP contribution in [0.25, 0.3) is 0 Å². The molecule has 2 aliphatic rings. The number of hydrogen-bond acceptors (Lipinski definition) is 5. The maximum atomic E-state index is 12.1. The normalized spacial score (nSPS) is 26.4. The van der Waals surface area contributed by atoms with Gasteiger partial charge in [0.15, 0.2) is 5.92 Å². The number of carbonyl (C=O) groups is 1. The largest absolute Gasteiger partial charge is 0.492 e. The van der Waals surface area contributed by atoms with Gasteiger partial charge in [0.2, 0.25) is 5.91 Å². The van der Waals surface area contributed by atoms with Crippen LogP contribution in [0.15, 0.2) is 17.0 Å². The third-order valence-electron chi connectivity index (χ3n) is 2.87. The van der Waals surface area contributed by atoms with Crippen LogP contribution in [0, 0.1) is 16.0 Å². The van der Waals surface area contributed by atoms with E-state index in [0.717, 1.165) is 12.8 Å². The molecule has 0 spiro atoms. The molecule has 2 unspecified atom stereocenters. The lowest BCUT2D eigenvalue weighted by molar-refractivity contribution is -0.507. The van der Waals surface area contributed by atoms with E-state index in [-0.39, 0.29) is 12.0 Å². The van der Waals surface area contributed by atoms with Gasteiger partial charge < -0.3 is 9.64 Å². The van der Waals surface area contributed by atoms with Crippen LogP contribution < -0.4 is 0 Å². The number of rotatable bonds is 4. The Morgan fingerprint density at radius 2 is 2.22 bits per heavy atom. The van der Waals surface area contributed by atoms with E-state index < -0.39 is 16.9 Å². The highest BCUT2D eigenvalue weighted by molar-refractivity contribution is 5.86. The zero-order valence-corrected chi connectivity index (χ0v) is 10.3. The van der Waals surface area contributed by atoms with Crippen molar-refractivity contribution in [2.24, 2.45) is 10.9 Å². The van der Waals surface area contributed by atoms with Crippen LogP contribution in [0.1, 0.15) is 12.8 Å². The number of nitro groups is 1. The van der Waals surface area contributed by atoms with Gasteiger partial charge in [0.25, 0.3) is 6.04 Å². The molecule has 1 aliphatic heterocycles. The van der Waals surface area contributed by atoms with Gasteiger partial charge in [0.1, 0.15) is 5.76 Å². The Bertz CT molecular complexity index is 426. The molecule has 98 valence electrons. The van der Waals surface area contributed by atoms with E-state index in [1.54, 1.807) is 14.1 Å². The average molecular weight is 253 g/mol. The first-order valence-electron chi connectivity index (χ1n) is 5.75. The van der Waals surface area contributed by atoms with Crippen molar-refractivity contribution in [3.8, 4) is 0 Å². The smallest absolute Gasteiger partial charge is 0.266 e. The van der Waals surface area contributed by atoms with Crippen molar-refractivity contribution in [3.63, 3.8) is 0 Å². The minimum Gasteiger partial charge on any atom is -0.492 e. The first-order valence-corrected chi connectivity index (χ1v) is 5.75. The summed E-state index contributed by atoms with van der Waals surface area (Å²) in [7, 11) is 3.14. The number of ether oxygens (including phenoxy) is 1. The molecule has 18 heavy (non-hydrogen) atoms. The van der Waals surface area contributed by atoms with Crippen LogP contribution >= 0.6 is 0 Å². The van der Waals surface area contributed by atoms with E-state index in [2.05, 4.69) is 4.99 Å². The maximum Gasteiger partial charge on any atom is 0.266 e. The van der Waals surface area contributed by atoms with Gasteiger partial charge in [-0.3, -0.25) is 19.9 Å². The Kier molecular flexibility index (Phi) is 3.31. The zero-order chi connectivity index (χ0) is 13.3. The van der Waals surface area contributed by atoms with E-state index in [9.17, 15) is 14.9 Å². The van der Waals surface area contributed by atoms with E-state index in [1.807, 2.05) is 0 Å². The molecule has 1 aliphatic carbocycles. The molecular formula is C11H15N3O4. The van der Waals surface area contributed by atoms with Crippen LogP contribution in [-0.4, -0.2) is 48.2 Å². The molecule has 0 radical (unpaired) electrons. The highest BCUT2D eigenvalue weighted by Gasteiger charge is 2.44. The molecule has 0 aromatic rings. The molecule has 0 saturated heterocycles. The van der Waals surface area contributed by atoms with Crippen molar-refractivity contribution in [3.05, 3.63) is 22.1 Å². The molecule has 1 heterocycles. The number of aliphatic imine (C=N–C) groups is 1. The van der Waals surface area contributed by atoms with Crippen molar-refractivity contribution in [2.75, 3.05) is 14.1 Å². The number of nitrogens with zero attached hydrogens (tertiary/aromatic N) is 3. The second kappa shape index (κ2) is 4.75. The molecule has 0 bridgehead atoms. The minimum atomic E-state index is -1.15. The summed E-state index contributed by atoms with van der Waals surface area (Å²) >= 11 is 0. The van der Waals surface area contributed by atoms with Gasteiger partial charge in [-0.2, -0.15) is 0 Å². The zero-order valence-electron chi connectivity index (χ0n) is 10.3. The first kappa shape index (κ1) is 12.5. The summed E-state index contributed by atoms with van der Waals surface area (Å²) in [6.07, 6.45) is 4.52. The summed E-state index contributed by atoms with van der Waals surface area (Å²) in [5.41, 5.74) is 0. The summed E-state index contributed by atoms with van der Waals surface area (Å²) < 4.78 is 5.56. The number of amides is 1. The summed E-state index contributed by atoms with van der Waals surface area (Å²) in [6.45, 7) is 0. The van der Waals surface area contributed by atoms with Crippen molar-refractivity contribution in [2.45, 2.75) is 25.0 Å². The third kappa shape index (κ3) is 2.49. The molecule has 0 N–H and O–H groups in total. The summed E-state index contributed by atoms with van der Waals surface area (Å²) in [5, 5.41) is 11.0. The Morgan fingerprint density at radius 1 is 1.56 bits per heavy atom. The Balaban J connectivity index is 2.24. The Morgan fingerprint density at radius 3 is 2.72 bits per heavy atom. The van der Waals surface area contributed by atoms with Gasteiger partial charge in [0, 0.05) is 19.0 Å². The lowest BCUT2D eigenvalue weighted by atomic mass is 9.96. The quantitative estimate of drug-likeness (QED) is 0.537. The maximum absolute atomic E-state index is 12.1. The van der Waals surface area contributed by atoms with Gasteiger partial charge in [0.05, 0.1) is 18.5 Å². The second-order valence-corrected chi connectivity index (χ2v) is 4.63. The van der Waals surface area contributed by atoms with Crippen LogP contribution in [-0.2, 0) is 9.53 Å². The Labute approximate surface area is 104 Å². The fourth-order valence-electron chi connectivity index (χ4n) is 1.74. The molecule has 0 aromatic heterocycles. The minimum absolute atomic E-state index is 0.0782. The van der Waals surface area contributed by atoms with Gasteiger partial charge in [-0.15, -0.1) is 0 Å². The summed E-state index contributed by atoms with van der Waals surface area (Å²) in [6, 6.07) is -1.15. The fourth-order valence-corrected chi connectivity index (χ4v) is 1.74. The first-order chi connectivity index (χ1) is 8.50. The van der Waals surface area contributed by atoms with Gasteiger partial charge >= 0.3 is 0 Å². The molecule has 2 rings (SSSR count). The van der Waals surface area contributed by atoms with Gasteiger partial charge in [-0.25, -0.2) is 0 Å². The number of hydrogen-bond donors (Lipinski definition) is 0. The average Bonchev–Trinajstić information content (AvgIpc) is 3.11. The second-order valence-electron chi connectivity index (χ2n) is 4.63. The van der Waals surface area contributed by atoms with Gasteiger partial charge in [-0.05, 0) is 12.8 Å². The lowest BCUT2D eigenvalue weighted by Gasteiger charge is -2.25. The monoisotopic (exact) mass is 253 g/mol. The molecule has 2 atom stereocenters. The predicted molar refractivity (Wildman–Crippen MR) is 63.6 cm³/mol. The third-order valence-corrected chi connectivity index (χ3v) is 2.87. The molecule has 1 amide bonds. The van der Waals surface area contributed by atoms with Crippen LogP contribution in [0.5, 0.6) is 0 Å². The van der Waals surface area contributed by atoms with E-state index in [1.165, 1.54) is 17.3 Å². The Hall–Kier alpha value is -1.92. The molecule has 0 aromatic carbocycles. The topological polar surface area (TPSA) is 85.0 Å². The fraction of sp³-hybridized carbons (Fsp3) is 0.636. The van der Waals surface area contributed by atoms with Crippen molar-refractivity contribution in [1.29, 1.82) is 0 Å². The van der Waals surface area contributed by atoms with Crippen molar-refractivity contribution >= 4 is 12.1 Å². The number of carbonyl (C=O) groups excluding carboxylic acids is 1. The highest BCUT2D eigenvalue weighted by atomic mass is 16.6. The van der Waals surface area contributed by atoms with Gasteiger partial charge in [-0.1, -0.05) is 0 Å². The van der Waals surface area contributed by atoms with Crippen molar-refractivity contribution < 1.29 is 14.5 Å². The highest BCUT2D eigenvalue weighted by Crippen LogP contribution is 2.32. The van der Waals surface area contributed by atoms with Crippen LogP contribution in [0.2, 0.25) is 0 Å². The van der Waals surface area contributed by atoms with Crippen LogP contribution in [0.4, 0.5) is 0 Å². The van der Waals surface area contributed by atoms with E-state index in [0.29, 0.717) is 5.76 Å². The standard InChI is InChI=1S/C11H15N3O4/c1-13(2)11(15)10-8(14(16)17)5-12-6-9(10)18-7-3-4-7/h5-8,10H,3-4H2,1-2H3. The molecule has 7 heteroatoms. The molecular weight excluding hydrogens is 238 g/mol. The predicted octanol–water partition coefficient (Wildman–Crippen LogP) is 0.441. The van der Waals surface area contributed by atoms with Crippen molar-refractivity contribution in [1.82, 2.24) is 4.90 Å². The summed E-state index contributed by atoms with van der Waals surface area (Å²) in [4.78, 5) is 27.7. The van der Waals surface area contributed by atoms with E-state index >= 15 is 0 Å². The van der Waals surface area contributed by atoms with Crippen LogP contribution in [0.3, 0.4) is 0 Å².